The number of sulfonamides is 1. The third-order valence-corrected chi connectivity index (χ3v) is 7.33. The Morgan fingerprint density at radius 1 is 1.24 bits per heavy atom. The van der Waals surface area contributed by atoms with Crippen LogP contribution in [0, 0.1) is 11.3 Å². The van der Waals surface area contributed by atoms with Crippen molar-refractivity contribution in [2.24, 2.45) is 17.1 Å². The predicted molar refractivity (Wildman–Crippen MR) is 125 cm³/mol. The Kier molecular flexibility index (Phi) is 5.94. The Labute approximate surface area is 197 Å². The van der Waals surface area contributed by atoms with E-state index in [4.69, 9.17) is 10.3 Å². The van der Waals surface area contributed by atoms with E-state index < -0.39 is 33.6 Å². The predicted octanol–water partition coefficient (Wildman–Crippen LogP) is 3.67. The Balaban J connectivity index is 1.47. The van der Waals surface area contributed by atoms with Gasteiger partial charge >= 0.3 is 0 Å². The summed E-state index contributed by atoms with van der Waals surface area (Å²) in [6, 6.07) is 12.2. The summed E-state index contributed by atoms with van der Waals surface area (Å²) in [5.41, 5.74) is 5.59. The van der Waals surface area contributed by atoms with E-state index in [1.54, 1.807) is 30.3 Å². The highest BCUT2D eigenvalue weighted by molar-refractivity contribution is 7.92. The first-order chi connectivity index (χ1) is 15.9. The summed E-state index contributed by atoms with van der Waals surface area (Å²) in [5, 5.41) is 6.55. The first-order valence-corrected chi connectivity index (χ1v) is 12.2. The van der Waals surface area contributed by atoms with E-state index in [1.807, 2.05) is 6.92 Å². The maximum atomic E-state index is 13.1. The van der Waals surface area contributed by atoms with Gasteiger partial charge in [-0.25, -0.2) is 12.8 Å². The van der Waals surface area contributed by atoms with Crippen LogP contribution in [0.2, 0.25) is 0 Å². The number of alkyl halides is 1. The number of rotatable bonds is 8. The fraction of sp³-hybridized carbons (Fsp3) is 0.348. The van der Waals surface area contributed by atoms with Gasteiger partial charge in [-0.15, -0.1) is 0 Å². The minimum Gasteiger partial charge on any atom is -0.337 e. The molecule has 0 bridgehead atoms. The molecular weight excluding hydrogens is 461 g/mol. The van der Waals surface area contributed by atoms with Crippen LogP contribution < -0.4 is 15.8 Å². The molecule has 11 heteroatoms. The molecule has 0 saturated heterocycles. The van der Waals surface area contributed by atoms with Crippen molar-refractivity contribution in [3.05, 3.63) is 54.4 Å². The van der Waals surface area contributed by atoms with Crippen molar-refractivity contribution in [3.63, 3.8) is 0 Å². The van der Waals surface area contributed by atoms with Gasteiger partial charge in [-0.1, -0.05) is 18.1 Å². The molecule has 0 unspecified atom stereocenters. The SMILES string of the molecule is C[C@@H]1C[C@]1(N)c1nc(-c2ccc(S(=O)(=O)Nc3cccc(NC(=O)C(C)(C)CF)c3)cc2)no1. The monoisotopic (exact) mass is 487 g/mol. The third-order valence-electron chi connectivity index (χ3n) is 5.93. The molecule has 1 amide bonds. The Bertz CT molecular complexity index is 1320. The van der Waals surface area contributed by atoms with E-state index in [1.165, 1.54) is 32.0 Å². The standard InChI is InChI=1S/C23H26FN5O4S/c1-14-12-23(14,25)21-27-19(28-33-21)15-7-9-18(10-8-15)34(31,32)29-17-6-4-5-16(11-17)26-20(30)22(2,3)13-24/h4-11,14,29H,12-13,25H2,1-3H3,(H,26,30)/t14-,23-/m1/s1. The molecule has 0 radical (unpaired) electrons. The number of hydrogen-bond acceptors (Lipinski definition) is 7. The molecule has 4 rings (SSSR count). The summed E-state index contributed by atoms with van der Waals surface area (Å²) in [5.74, 6) is 0.457. The topological polar surface area (TPSA) is 140 Å². The largest absolute Gasteiger partial charge is 0.337 e. The lowest BCUT2D eigenvalue weighted by atomic mass is 9.94. The number of carbonyl (C=O) groups is 1. The van der Waals surface area contributed by atoms with Crippen molar-refractivity contribution in [2.75, 3.05) is 16.7 Å². The van der Waals surface area contributed by atoms with Gasteiger partial charge < -0.3 is 15.6 Å². The highest BCUT2D eigenvalue weighted by Crippen LogP contribution is 2.48. The Morgan fingerprint density at radius 2 is 1.88 bits per heavy atom. The Morgan fingerprint density at radius 3 is 2.50 bits per heavy atom. The van der Waals surface area contributed by atoms with Crippen LogP contribution in [0.15, 0.2) is 57.9 Å². The van der Waals surface area contributed by atoms with Crippen LogP contribution in [-0.4, -0.2) is 31.1 Å². The smallest absolute Gasteiger partial charge is 0.261 e. The zero-order chi connectivity index (χ0) is 24.7. The first-order valence-electron chi connectivity index (χ1n) is 10.7. The number of carbonyl (C=O) groups excluding carboxylic acids is 1. The lowest BCUT2D eigenvalue weighted by Crippen LogP contribution is -2.32. The first kappa shape index (κ1) is 23.8. The molecule has 0 aliphatic heterocycles. The average Bonchev–Trinajstić information content (AvgIpc) is 3.18. The third kappa shape index (κ3) is 4.66. The molecular formula is C23H26FN5O4S. The number of anilines is 2. The molecule has 3 aromatic rings. The summed E-state index contributed by atoms with van der Waals surface area (Å²) < 4.78 is 46.5. The zero-order valence-corrected chi connectivity index (χ0v) is 19.8. The van der Waals surface area contributed by atoms with Crippen molar-refractivity contribution < 1.29 is 22.1 Å². The van der Waals surface area contributed by atoms with Gasteiger partial charge in [0.25, 0.3) is 10.0 Å². The molecule has 2 atom stereocenters. The lowest BCUT2D eigenvalue weighted by molar-refractivity contribution is -0.124. The second-order valence-corrected chi connectivity index (χ2v) is 10.9. The van der Waals surface area contributed by atoms with Crippen LogP contribution in [-0.2, 0) is 20.4 Å². The van der Waals surface area contributed by atoms with Crippen LogP contribution in [0.4, 0.5) is 15.8 Å². The van der Waals surface area contributed by atoms with E-state index in [2.05, 4.69) is 20.2 Å². The van der Waals surface area contributed by atoms with Crippen molar-refractivity contribution in [3.8, 4) is 11.4 Å². The highest BCUT2D eigenvalue weighted by Gasteiger charge is 2.53. The molecule has 9 nitrogen and oxygen atoms in total. The average molecular weight is 488 g/mol. The number of halogens is 1. The zero-order valence-electron chi connectivity index (χ0n) is 19.0. The fourth-order valence-corrected chi connectivity index (χ4v) is 4.34. The number of benzene rings is 2. The summed E-state index contributed by atoms with van der Waals surface area (Å²) in [4.78, 5) is 16.6. The Hall–Kier alpha value is -3.31. The molecule has 2 aromatic carbocycles. The summed E-state index contributed by atoms with van der Waals surface area (Å²) in [6.07, 6.45) is 0.774. The van der Waals surface area contributed by atoms with Gasteiger partial charge in [0, 0.05) is 11.3 Å². The second kappa shape index (κ2) is 8.48. The summed E-state index contributed by atoms with van der Waals surface area (Å²) >= 11 is 0. The molecule has 1 fully saturated rings. The molecule has 1 heterocycles. The van der Waals surface area contributed by atoms with Gasteiger partial charge in [0.05, 0.1) is 21.5 Å². The minimum absolute atomic E-state index is 0.0269. The maximum absolute atomic E-state index is 13.1. The molecule has 1 aliphatic carbocycles. The molecule has 1 aromatic heterocycles. The van der Waals surface area contributed by atoms with Gasteiger partial charge in [0.15, 0.2) is 0 Å². The number of aromatic nitrogens is 2. The number of amides is 1. The summed E-state index contributed by atoms with van der Waals surface area (Å²) in [7, 11) is -3.91. The van der Waals surface area contributed by atoms with Crippen molar-refractivity contribution in [1.29, 1.82) is 0 Å². The molecule has 1 aliphatic rings. The van der Waals surface area contributed by atoms with E-state index >= 15 is 0 Å². The highest BCUT2D eigenvalue weighted by atomic mass is 32.2. The maximum Gasteiger partial charge on any atom is 0.261 e. The van der Waals surface area contributed by atoms with Crippen molar-refractivity contribution >= 4 is 27.3 Å². The molecule has 180 valence electrons. The lowest BCUT2D eigenvalue weighted by Gasteiger charge is -2.19. The van der Waals surface area contributed by atoms with Crippen LogP contribution >= 0.6 is 0 Å². The van der Waals surface area contributed by atoms with Gasteiger partial charge in [-0.05, 0) is 68.7 Å². The summed E-state index contributed by atoms with van der Waals surface area (Å²) in [6.45, 7) is 4.15. The van der Waals surface area contributed by atoms with E-state index in [0.717, 1.165) is 6.42 Å². The van der Waals surface area contributed by atoms with Crippen molar-refractivity contribution in [2.45, 2.75) is 37.6 Å². The molecule has 1 saturated carbocycles. The number of hydrogen-bond donors (Lipinski definition) is 3. The van der Waals surface area contributed by atoms with Crippen LogP contribution in [0.1, 0.15) is 33.1 Å². The van der Waals surface area contributed by atoms with E-state index in [0.29, 0.717) is 23.0 Å². The van der Waals surface area contributed by atoms with E-state index in [-0.39, 0.29) is 16.5 Å². The quantitative estimate of drug-likeness (QED) is 0.440. The van der Waals surface area contributed by atoms with Gasteiger partial charge in [-0.2, -0.15) is 4.98 Å². The van der Waals surface area contributed by atoms with Gasteiger partial charge in [0.2, 0.25) is 17.6 Å². The van der Waals surface area contributed by atoms with E-state index in [9.17, 15) is 17.6 Å². The molecule has 4 N–H and O–H groups in total. The van der Waals surface area contributed by atoms with Crippen molar-refractivity contribution in [1.82, 2.24) is 10.1 Å². The van der Waals surface area contributed by atoms with Crippen LogP contribution in [0.3, 0.4) is 0 Å². The normalized spacial score (nSPS) is 20.1. The molecule has 34 heavy (non-hydrogen) atoms. The number of nitrogens with zero attached hydrogens (tertiary/aromatic N) is 2. The van der Waals surface area contributed by atoms with Gasteiger partial charge in [0.1, 0.15) is 6.67 Å². The van der Waals surface area contributed by atoms with Crippen LogP contribution in [0.25, 0.3) is 11.4 Å². The fourth-order valence-electron chi connectivity index (χ4n) is 3.29. The van der Waals surface area contributed by atoms with Crippen LogP contribution in [0.5, 0.6) is 0 Å². The molecule has 0 spiro atoms. The second-order valence-electron chi connectivity index (χ2n) is 9.25. The number of nitrogens with two attached hydrogens (primary N) is 1. The minimum atomic E-state index is -3.91. The number of nitrogens with one attached hydrogen (secondary N) is 2. The van der Waals surface area contributed by atoms with Gasteiger partial charge in [-0.3, -0.25) is 9.52 Å².